The summed E-state index contributed by atoms with van der Waals surface area (Å²) < 4.78 is 27.4. The van der Waals surface area contributed by atoms with E-state index in [0.717, 1.165) is 16.0 Å². The monoisotopic (exact) mass is 421 g/mol. The van der Waals surface area contributed by atoms with Crippen LogP contribution < -0.4 is 5.32 Å². The van der Waals surface area contributed by atoms with Gasteiger partial charge in [-0.25, -0.2) is 8.42 Å². The van der Waals surface area contributed by atoms with E-state index in [0.29, 0.717) is 37.6 Å². The van der Waals surface area contributed by atoms with Crippen LogP contribution in [0.3, 0.4) is 0 Å². The molecule has 1 N–H and O–H groups in total. The van der Waals surface area contributed by atoms with Gasteiger partial charge in [0.05, 0.1) is 17.5 Å². The highest BCUT2D eigenvalue weighted by Crippen LogP contribution is 2.21. The van der Waals surface area contributed by atoms with Gasteiger partial charge in [-0.1, -0.05) is 12.1 Å². The summed E-state index contributed by atoms with van der Waals surface area (Å²) in [5, 5.41) is 4.95. The van der Waals surface area contributed by atoms with E-state index in [-0.39, 0.29) is 11.9 Å². The highest BCUT2D eigenvalue weighted by molar-refractivity contribution is 7.89. The molecule has 2 heterocycles. The highest BCUT2D eigenvalue weighted by Gasteiger charge is 2.31. The molecule has 0 spiro atoms. The zero-order chi connectivity index (χ0) is 20.3. The second-order valence-corrected chi connectivity index (χ2v) is 10.1. The van der Waals surface area contributed by atoms with Crippen LogP contribution in [0.5, 0.6) is 0 Å². The van der Waals surface area contributed by atoms with Crippen LogP contribution >= 0.6 is 11.3 Å². The van der Waals surface area contributed by atoms with Crippen molar-refractivity contribution < 1.29 is 13.2 Å². The minimum Gasteiger partial charge on any atom is -0.350 e. The van der Waals surface area contributed by atoms with Gasteiger partial charge in [-0.15, -0.1) is 11.3 Å². The minimum absolute atomic E-state index is 0.0288. The molecule has 6 nitrogen and oxygen atoms in total. The van der Waals surface area contributed by atoms with E-state index in [1.807, 2.05) is 49.3 Å². The van der Waals surface area contributed by atoms with E-state index < -0.39 is 10.0 Å². The molecule has 0 bridgehead atoms. The summed E-state index contributed by atoms with van der Waals surface area (Å²) in [5.41, 5.74) is 2.04. The first-order chi connectivity index (χ1) is 13.3. The first-order valence-electron chi connectivity index (χ1n) is 9.40. The van der Waals surface area contributed by atoms with E-state index in [1.165, 1.54) is 4.31 Å². The van der Waals surface area contributed by atoms with E-state index in [9.17, 15) is 13.2 Å². The van der Waals surface area contributed by atoms with Crippen LogP contribution in [0.2, 0.25) is 0 Å². The van der Waals surface area contributed by atoms with Crippen molar-refractivity contribution >= 4 is 27.3 Å². The quantitative estimate of drug-likeness (QED) is 0.778. The van der Waals surface area contributed by atoms with Crippen molar-refractivity contribution in [1.82, 2.24) is 14.5 Å². The lowest BCUT2D eigenvalue weighted by Gasteiger charge is -2.36. The molecule has 1 atom stereocenters. The number of nitrogens with zero attached hydrogens (tertiary/aromatic N) is 2. The predicted molar refractivity (Wildman–Crippen MR) is 112 cm³/mol. The molecule has 1 aromatic carbocycles. The molecular weight excluding hydrogens is 394 g/mol. The molecule has 1 aliphatic heterocycles. The summed E-state index contributed by atoms with van der Waals surface area (Å²) in [6, 6.07) is 8.92. The van der Waals surface area contributed by atoms with Crippen LogP contribution in [0.4, 0.5) is 0 Å². The van der Waals surface area contributed by atoms with Crippen LogP contribution in [0.1, 0.15) is 22.9 Å². The number of piperazine rings is 1. The molecule has 0 saturated carbocycles. The molecular formula is C20H27N3O3S2. The molecule has 0 aliphatic carbocycles. The number of hydrogen-bond acceptors (Lipinski definition) is 5. The third-order valence-electron chi connectivity index (χ3n) is 5.33. The molecule has 0 radical (unpaired) electrons. The SMILES string of the molecule is Cc1ccc(S(=O)(=O)N2CCN([C@@H](C)C(=O)NCc3cccs3)CC2)cc1C. The van der Waals surface area contributed by atoms with Gasteiger partial charge in [0.1, 0.15) is 0 Å². The van der Waals surface area contributed by atoms with E-state index in [2.05, 4.69) is 5.32 Å². The highest BCUT2D eigenvalue weighted by atomic mass is 32.2. The number of carbonyl (C=O) groups is 1. The van der Waals surface area contributed by atoms with Crippen molar-refractivity contribution in [3.63, 3.8) is 0 Å². The van der Waals surface area contributed by atoms with Gasteiger partial charge in [0.2, 0.25) is 15.9 Å². The molecule has 1 fully saturated rings. The maximum Gasteiger partial charge on any atom is 0.243 e. The van der Waals surface area contributed by atoms with Crippen LogP contribution in [-0.2, 0) is 21.4 Å². The maximum absolute atomic E-state index is 12.9. The van der Waals surface area contributed by atoms with Crippen molar-refractivity contribution in [2.75, 3.05) is 26.2 Å². The first kappa shape index (κ1) is 21.0. The maximum atomic E-state index is 12.9. The third kappa shape index (κ3) is 4.63. The second-order valence-electron chi connectivity index (χ2n) is 7.16. The summed E-state index contributed by atoms with van der Waals surface area (Å²) in [7, 11) is -3.50. The minimum atomic E-state index is -3.50. The number of amides is 1. The Morgan fingerprint density at radius 2 is 1.86 bits per heavy atom. The number of hydrogen-bond donors (Lipinski definition) is 1. The Labute approximate surface area is 171 Å². The Balaban J connectivity index is 1.57. The van der Waals surface area contributed by atoms with Gasteiger partial charge in [0.25, 0.3) is 0 Å². The van der Waals surface area contributed by atoms with Gasteiger partial charge in [-0.05, 0) is 55.5 Å². The van der Waals surface area contributed by atoms with Gasteiger partial charge < -0.3 is 5.32 Å². The van der Waals surface area contributed by atoms with Gasteiger partial charge in [-0.3, -0.25) is 9.69 Å². The normalized spacial score (nSPS) is 17.4. The largest absolute Gasteiger partial charge is 0.350 e. The zero-order valence-corrected chi connectivity index (χ0v) is 18.1. The average Bonchev–Trinajstić information content (AvgIpc) is 3.21. The molecule has 1 amide bonds. The van der Waals surface area contributed by atoms with Crippen LogP contribution in [0.25, 0.3) is 0 Å². The lowest BCUT2D eigenvalue weighted by atomic mass is 10.1. The van der Waals surface area contributed by atoms with E-state index >= 15 is 0 Å². The van der Waals surface area contributed by atoms with Crippen LogP contribution in [0, 0.1) is 13.8 Å². The number of aryl methyl sites for hydroxylation is 2. The molecule has 28 heavy (non-hydrogen) atoms. The molecule has 1 aliphatic rings. The summed E-state index contributed by atoms with van der Waals surface area (Å²) in [6.45, 7) is 8.14. The Morgan fingerprint density at radius 3 is 2.46 bits per heavy atom. The van der Waals surface area contributed by atoms with Crippen molar-refractivity contribution in [3.8, 4) is 0 Å². The molecule has 8 heteroatoms. The third-order valence-corrected chi connectivity index (χ3v) is 8.10. The Bertz CT molecular complexity index is 918. The fourth-order valence-corrected chi connectivity index (χ4v) is 5.41. The first-order valence-corrected chi connectivity index (χ1v) is 11.7. The second kappa shape index (κ2) is 8.73. The number of benzene rings is 1. The number of carbonyl (C=O) groups excluding carboxylic acids is 1. The van der Waals surface area contributed by atoms with Crippen LogP contribution in [-0.4, -0.2) is 55.8 Å². The van der Waals surface area contributed by atoms with Crippen molar-refractivity contribution in [1.29, 1.82) is 0 Å². The molecule has 3 rings (SSSR count). The molecule has 0 unspecified atom stereocenters. The van der Waals surface area contributed by atoms with Gasteiger partial charge in [0.15, 0.2) is 0 Å². The zero-order valence-electron chi connectivity index (χ0n) is 16.5. The number of thiophene rings is 1. The Morgan fingerprint density at radius 1 is 1.14 bits per heavy atom. The van der Waals surface area contributed by atoms with E-state index in [4.69, 9.17) is 0 Å². The summed E-state index contributed by atoms with van der Waals surface area (Å²) >= 11 is 1.61. The smallest absolute Gasteiger partial charge is 0.243 e. The summed E-state index contributed by atoms with van der Waals surface area (Å²) in [5.74, 6) is -0.0288. The molecule has 152 valence electrons. The summed E-state index contributed by atoms with van der Waals surface area (Å²) in [6.07, 6.45) is 0. The fourth-order valence-electron chi connectivity index (χ4n) is 3.26. The van der Waals surface area contributed by atoms with Gasteiger partial charge in [0, 0.05) is 31.1 Å². The van der Waals surface area contributed by atoms with Crippen molar-refractivity contribution in [2.45, 2.75) is 38.3 Å². The standard InChI is InChI=1S/C20H27N3O3S2/c1-15-6-7-19(13-16(15)2)28(25,26)23-10-8-22(9-11-23)17(3)20(24)21-14-18-5-4-12-27-18/h4-7,12-13,17H,8-11,14H2,1-3H3,(H,21,24)/t17-/m0/s1. The topological polar surface area (TPSA) is 69.7 Å². The predicted octanol–water partition coefficient (Wildman–Crippen LogP) is 2.38. The van der Waals surface area contributed by atoms with Crippen molar-refractivity contribution in [3.05, 3.63) is 51.7 Å². The number of nitrogens with one attached hydrogen (secondary N) is 1. The summed E-state index contributed by atoms with van der Waals surface area (Å²) in [4.78, 5) is 15.9. The number of rotatable bonds is 6. The fraction of sp³-hybridized carbons (Fsp3) is 0.450. The van der Waals surface area contributed by atoms with Crippen molar-refractivity contribution in [2.24, 2.45) is 0 Å². The Hall–Kier alpha value is -1.74. The molecule has 1 aromatic heterocycles. The lowest BCUT2D eigenvalue weighted by Crippen LogP contribution is -2.54. The number of sulfonamides is 1. The average molecular weight is 422 g/mol. The Kier molecular flexibility index (Phi) is 6.54. The van der Waals surface area contributed by atoms with E-state index in [1.54, 1.807) is 23.5 Å². The molecule has 2 aromatic rings. The molecule has 1 saturated heterocycles. The van der Waals surface area contributed by atoms with Gasteiger partial charge in [-0.2, -0.15) is 4.31 Å². The van der Waals surface area contributed by atoms with Gasteiger partial charge >= 0.3 is 0 Å². The lowest BCUT2D eigenvalue weighted by molar-refractivity contribution is -0.126. The van der Waals surface area contributed by atoms with Crippen LogP contribution in [0.15, 0.2) is 40.6 Å².